The van der Waals surface area contributed by atoms with Crippen LogP contribution in [-0.4, -0.2) is 36.3 Å². The molecule has 0 unspecified atom stereocenters. The van der Waals surface area contributed by atoms with Gasteiger partial charge in [-0.15, -0.1) is 11.3 Å². The quantitative estimate of drug-likeness (QED) is 0.663. The molecule has 1 aromatic heterocycles. The summed E-state index contributed by atoms with van der Waals surface area (Å²) in [5.41, 5.74) is 0.309. The maximum atomic E-state index is 13.1. The van der Waals surface area contributed by atoms with Crippen molar-refractivity contribution in [1.82, 2.24) is 10.2 Å². The van der Waals surface area contributed by atoms with E-state index >= 15 is 0 Å². The summed E-state index contributed by atoms with van der Waals surface area (Å²) in [4.78, 5) is 40.3. The number of amides is 3. The van der Waals surface area contributed by atoms with Gasteiger partial charge in [0.2, 0.25) is 0 Å². The van der Waals surface area contributed by atoms with E-state index in [1.165, 1.54) is 0 Å². The molecule has 3 amide bonds. The summed E-state index contributed by atoms with van der Waals surface area (Å²) < 4.78 is 5.08. The number of ether oxygens (including phenoxy) is 1. The Hall–Kier alpha value is -2.67. The van der Waals surface area contributed by atoms with Gasteiger partial charge in [-0.3, -0.25) is 14.5 Å². The van der Waals surface area contributed by atoms with Crippen molar-refractivity contribution in [2.24, 2.45) is 0 Å². The van der Waals surface area contributed by atoms with Crippen LogP contribution in [-0.2, 0) is 16.8 Å². The highest BCUT2D eigenvalue weighted by atomic mass is 32.1. The molecule has 1 atom stereocenters. The van der Waals surface area contributed by atoms with E-state index in [9.17, 15) is 14.4 Å². The standard InChI is InChI=1S/C19H18N2O4S/c1-25-13-6-4-12(5-7-13)15(22)11-21-17(23)19(20-18(21)24)9-2-3-16-14(19)8-10-26-16/h4-8,10H,2-3,9,11H2,1H3,(H,20,24)/t19-/m0/s1. The first kappa shape index (κ1) is 16.8. The molecule has 0 bridgehead atoms. The molecule has 2 aliphatic rings. The number of ketones is 1. The first-order valence-electron chi connectivity index (χ1n) is 8.43. The van der Waals surface area contributed by atoms with Gasteiger partial charge in [-0.25, -0.2) is 4.79 Å². The van der Waals surface area contributed by atoms with Gasteiger partial charge in [-0.2, -0.15) is 0 Å². The lowest BCUT2D eigenvalue weighted by atomic mass is 9.80. The minimum atomic E-state index is -1.01. The summed E-state index contributed by atoms with van der Waals surface area (Å²) >= 11 is 1.60. The zero-order chi connectivity index (χ0) is 18.3. The molecule has 6 nitrogen and oxygen atoms in total. The summed E-state index contributed by atoms with van der Waals surface area (Å²) in [6, 6.07) is 8.03. The molecule has 1 N–H and O–H groups in total. The van der Waals surface area contributed by atoms with E-state index in [-0.39, 0.29) is 18.2 Å². The summed E-state index contributed by atoms with van der Waals surface area (Å²) in [6.07, 6.45) is 2.32. The van der Waals surface area contributed by atoms with Crippen LogP contribution in [0.5, 0.6) is 5.75 Å². The van der Waals surface area contributed by atoms with Crippen molar-refractivity contribution in [2.75, 3.05) is 13.7 Å². The number of rotatable bonds is 4. The number of nitrogens with zero attached hydrogens (tertiary/aromatic N) is 1. The van der Waals surface area contributed by atoms with Gasteiger partial charge in [0.25, 0.3) is 5.91 Å². The van der Waals surface area contributed by atoms with E-state index in [1.54, 1.807) is 42.7 Å². The van der Waals surface area contributed by atoms with E-state index in [2.05, 4.69) is 5.32 Å². The number of hydrogen-bond acceptors (Lipinski definition) is 5. The molecule has 134 valence electrons. The SMILES string of the molecule is COc1ccc(C(=O)CN2C(=O)N[C@]3(CCCc4sccc43)C2=O)cc1. The second-order valence-electron chi connectivity index (χ2n) is 6.49. The maximum Gasteiger partial charge on any atom is 0.325 e. The van der Waals surface area contributed by atoms with Crippen LogP contribution in [0.4, 0.5) is 4.79 Å². The topological polar surface area (TPSA) is 75.7 Å². The molecular weight excluding hydrogens is 352 g/mol. The number of nitrogens with one attached hydrogen (secondary N) is 1. The van der Waals surface area contributed by atoms with Crippen molar-refractivity contribution in [2.45, 2.75) is 24.8 Å². The molecule has 7 heteroatoms. The zero-order valence-corrected chi connectivity index (χ0v) is 15.1. The van der Waals surface area contributed by atoms with E-state index in [1.807, 2.05) is 11.4 Å². The van der Waals surface area contributed by atoms with Crippen LogP contribution >= 0.6 is 11.3 Å². The molecule has 1 aliphatic carbocycles. The highest BCUT2D eigenvalue weighted by Crippen LogP contribution is 2.42. The van der Waals surface area contributed by atoms with E-state index < -0.39 is 11.6 Å². The van der Waals surface area contributed by atoms with Crippen LogP contribution in [0.1, 0.15) is 33.6 Å². The molecule has 2 heterocycles. The normalized spacial score (nSPS) is 21.7. The number of hydrogen-bond donors (Lipinski definition) is 1. The Kier molecular flexibility index (Phi) is 4.03. The monoisotopic (exact) mass is 370 g/mol. The molecule has 4 rings (SSSR count). The van der Waals surface area contributed by atoms with E-state index in [4.69, 9.17) is 4.74 Å². The fourth-order valence-corrected chi connectivity index (χ4v) is 4.70. The predicted octanol–water partition coefficient (Wildman–Crippen LogP) is 2.72. The second kappa shape index (κ2) is 6.25. The third kappa shape index (κ3) is 2.50. The Morgan fingerprint density at radius 2 is 2.04 bits per heavy atom. The van der Waals surface area contributed by atoms with Crippen LogP contribution in [0.2, 0.25) is 0 Å². The Bertz CT molecular complexity index is 889. The fourth-order valence-electron chi connectivity index (χ4n) is 3.70. The van der Waals surface area contributed by atoms with Gasteiger partial charge < -0.3 is 10.1 Å². The summed E-state index contributed by atoms with van der Waals surface area (Å²) in [6.45, 7) is -0.266. The van der Waals surface area contributed by atoms with Crippen LogP contribution in [0, 0.1) is 0 Å². The van der Waals surface area contributed by atoms with Gasteiger partial charge in [-0.05, 0) is 55.0 Å². The maximum absolute atomic E-state index is 13.1. The smallest absolute Gasteiger partial charge is 0.325 e. The number of fused-ring (bicyclic) bond motifs is 2. The number of thiophene rings is 1. The van der Waals surface area contributed by atoms with E-state index in [0.29, 0.717) is 17.7 Å². The van der Waals surface area contributed by atoms with Crippen molar-refractivity contribution in [1.29, 1.82) is 0 Å². The first-order valence-corrected chi connectivity index (χ1v) is 9.31. The zero-order valence-electron chi connectivity index (χ0n) is 14.3. The molecule has 1 aromatic carbocycles. The lowest BCUT2D eigenvalue weighted by Gasteiger charge is -2.31. The van der Waals surface area contributed by atoms with Crippen LogP contribution in [0.3, 0.4) is 0 Å². The molecule has 0 radical (unpaired) electrons. The second-order valence-corrected chi connectivity index (χ2v) is 7.49. The molecule has 0 saturated carbocycles. The molecule has 1 spiro atoms. The number of Topliss-reactive ketones (excluding diaryl/α,β-unsaturated/α-hetero) is 1. The van der Waals surface area contributed by atoms with Gasteiger partial charge in [0.1, 0.15) is 11.3 Å². The Morgan fingerprint density at radius 1 is 1.27 bits per heavy atom. The molecular formula is C19H18N2O4S. The molecule has 1 fully saturated rings. The third-order valence-corrected chi connectivity index (χ3v) is 6.03. The first-order chi connectivity index (χ1) is 12.5. The average molecular weight is 370 g/mol. The molecule has 2 aromatic rings. The van der Waals surface area contributed by atoms with Gasteiger partial charge in [0, 0.05) is 16.0 Å². The van der Waals surface area contributed by atoms with E-state index in [0.717, 1.165) is 28.2 Å². The number of benzene rings is 1. The number of aryl methyl sites for hydroxylation is 1. The summed E-state index contributed by atoms with van der Waals surface area (Å²) in [5.74, 6) is 0.0287. The Labute approximate surface area is 154 Å². The molecule has 26 heavy (non-hydrogen) atoms. The Balaban J connectivity index is 1.58. The highest BCUT2D eigenvalue weighted by molar-refractivity contribution is 7.10. The van der Waals surface area contributed by atoms with Crippen LogP contribution in [0.15, 0.2) is 35.7 Å². The van der Waals surface area contributed by atoms with Crippen molar-refractivity contribution >= 4 is 29.1 Å². The van der Waals surface area contributed by atoms with Crippen molar-refractivity contribution < 1.29 is 19.1 Å². The third-order valence-electron chi connectivity index (χ3n) is 5.05. The van der Waals surface area contributed by atoms with Crippen molar-refractivity contribution in [3.63, 3.8) is 0 Å². The fraction of sp³-hybridized carbons (Fsp3) is 0.316. The summed E-state index contributed by atoms with van der Waals surface area (Å²) in [7, 11) is 1.55. The van der Waals surface area contributed by atoms with Gasteiger partial charge in [0.15, 0.2) is 5.78 Å². The largest absolute Gasteiger partial charge is 0.497 e. The minimum Gasteiger partial charge on any atom is -0.497 e. The predicted molar refractivity (Wildman–Crippen MR) is 96.5 cm³/mol. The lowest BCUT2D eigenvalue weighted by Crippen LogP contribution is -2.46. The number of urea groups is 1. The lowest BCUT2D eigenvalue weighted by molar-refractivity contribution is -0.131. The number of imide groups is 1. The highest BCUT2D eigenvalue weighted by Gasteiger charge is 2.54. The number of carbonyl (C=O) groups excluding carboxylic acids is 3. The van der Waals surface area contributed by atoms with Gasteiger partial charge in [-0.1, -0.05) is 0 Å². The number of methoxy groups -OCH3 is 1. The van der Waals surface area contributed by atoms with Crippen molar-refractivity contribution in [3.05, 3.63) is 51.7 Å². The van der Waals surface area contributed by atoms with Crippen molar-refractivity contribution in [3.8, 4) is 5.75 Å². The van der Waals surface area contributed by atoms with Gasteiger partial charge in [0.05, 0.1) is 13.7 Å². The molecule has 1 aliphatic heterocycles. The minimum absolute atomic E-state index is 0.266. The van der Waals surface area contributed by atoms with Crippen LogP contribution in [0.25, 0.3) is 0 Å². The number of carbonyl (C=O) groups is 3. The Morgan fingerprint density at radius 3 is 2.77 bits per heavy atom. The van der Waals surface area contributed by atoms with Crippen LogP contribution < -0.4 is 10.1 Å². The van der Waals surface area contributed by atoms with Gasteiger partial charge >= 0.3 is 6.03 Å². The average Bonchev–Trinajstić information content (AvgIpc) is 3.22. The summed E-state index contributed by atoms with van der Waals surface area (Å²) in [5, 5.41) is 4.81. The molecule has 1 saturated heterocycles.